The maximum Gasteiger partial charge on any atom is 0.170 e. The first-order valence-corrected chi connectivity index (χ1v) is 8.31. The summed E-state index contributed by atoms with van der Waals surface area (Å²) >= 11 is 0. The predicted molar refractivity (Wildman–Crippen MR) is 84.8 cm³/mol. The molecule has 1 aromatic carbocycles. The Bertz CT molecular complexity index is 587. The molecule has 2 fully saturated rings. The van der Waals surface area contributed by atoms with E-state index in [9.17, 15) is 0 Å². The number of fused-ring (bicyclic) bond motifs is 1. The molecule has 22 heavy (non-hydrogen) atoms. The van der Waals surface area contributed by atoms with E-state index in [0.717, 1.165) is 69.9 Å². The van der Waals surface area contributed by atoms with Gasteiger partial charge in [0, 0.05) is 37.7 Å². The highest BCUT2D eigenvalue weighted by atomic mass is 16.7. The highest BCUT2D eigenvalue weighted by Gasteiger charge is 2.39. The molecular weight excluding hydrogens is 278 g/mol. The minimum atomic E-state index is -0.255. The minimum Gasteiger partial charge on any atom is -0.461 e. The third-order valence-electron chi connectivity index (χ3n) is 4.81. The highest BCUT2D eigenvalue weighted by molar-refractivity contribution is 5.77. The van der Waals surface area contributed by atoms with E-state index in [1.54, 1.807) is 0 Å². The first-order chi connectivity index (χ1) is 10.8. The van der Waals surface area contributed by atoms with Gasteiger partial charge in [-0.3, -0.25) is 0 Å². The third-order valence-corrected chi connectivity index (χ3v) is 4.81. The lowest BCUT2D eigenvalue weighted by Gasteiger charge is -2.37. The summed E-state index contributed by atoms with van der Waals surface area (Å²) in [5.41, 5.74) is 0.993. The third kappa shape index (κ3) is 2.91. The number of hydrogen-bond acceptors (Lipinski definition) is 4. The second-order valence-electron chi connectivity index (χ2n) is 6.30. The van der Waals surface area contributed by atoms with Crippen LogP contribution in [0, 0.1) is 0 Å². The van der Waals surface area contributed by atoms with Crippen molar-refractivity contribution in [1.82, 2.24) is 4.90 Å². The number of likely N-dealkylation sites (tertiary alicyclic amines) is 1. The molecule has 2 aromatic rings. The van der Waals surface area contributed by atoms with Crippen molar-refractivity contribution in [2.75, 3.05) is 32.8 Å². The van der Waals surface area contributed by atoms with Gasteiger partial charge in [0.25, 0.3) is 0 Å². The maximum atomic E-state index is 5.88. The zero-order chi connectivity index (χ0) is 14.8. The van der Waals surface area contributed by atoms with Gasteiger partial charge in [0.2, 0.25) is 0 Å². The maximum absolute atomic E-state index is 5.88. The fourth-order valence-corrected chi connectivity index (χ4v) is 3.54. The van der Waals surface area contributed by atoms with Crippen LogP contribution in [-0.2, 0) is 15.9 Å². The van der Waals surface area contributed by atoms with Crippen LogP contribution in [0.1, 0.15) is 25.0 Å². The lowest BCUT2D eigenvalue weighted by atomic mass is 10.0. The Morgan fingerprint density at radius 1 is 1.05 bits per heavy atom. The van der Waals surface area contributed by atoms with Gasteiger partial charge in [-0.05, 0) is 25.1 Å². The zero-order valence-electron chi connectivity index (χ0n) is 12.9. The standard InChI is InChI=1S/C18H23NO3/c1-2-6-17-15(4-1)14-16(22-17)5-3-9-19-10-7-18(8-11-19)20-12-13-21-18/h1-2,4,6,14H,3,5,7-13H2. The molecule has 0 saturated carbocycles. The molecule has 4 nitrogen and oxygen atoms in total. The second-order valence-corrected chi connectivity index (χ2v) is 6.30. The topological polar surface area (TPSA) is 34.8 Å². The molecule has 0 radical (unpaired) electrons. The van der Waals surface area contributed by atoms with E-state index in [2.05, 4.69) is 23.1 Å². The molecule has 0 atom stereocenters. The number of furan rings is 1. The van der Waals surface area contributed by atoms with E-state index in [-0.39, 0.29) is 5.79 Å². The van der Waals surface area contributed by atoms with E-state index >= 15 is 0 Å². The average molecular weight is 301 g/mol. The van der Waals surface area contributed by atoms with Crippen molar-refractivity contribution < 1.29 is 13.9 Å². The number of nitrogens with zero attached hydrogens (tertiary/aromatic N) is 1. The van der Waals surface area contributed by atoms with Crippen LogP contribution < -0.4 is 0 Å². The largest absolute Gasteiger partial charge is 0.461 e. The number of piperidine rings is 1. The Kier molecular flexibility index (Phi) is 3.90. The summed E-state index contributed by atoms with van der Waals surface area (Å²) in [6, 6.07) is 10.4. The van der Waals surface area contributed by atoms with E-state index < -0.39 is 0 Å². The second kappa shape index (κ2) is 6.03. The minimum absolute atomic E-state index is 0.255. The van der Waals surface area contributed by atoms with Crippen LogP contribution in [0.3, 0.4) is 0 Å². The summed E-state index contributed by atoms with van der Waals surface area (Å²) in [7, 11) is 0. The summed E-state index contributed by atoms with van der Waals surface area (Å²) in [4.78, 5) is 2.51. The summed E-state index contributed by atoms with van der Waals surface area (Å²) in [6.45, 7) is 4.77. The monoisotopic (exact) mass is 301 g/mol. The van der Waals surface area contributed by atoms with Crippen LogP contribution in [0.4, 0.5) is 0 Å². The fourth-order valence-electron chi connectivity index (χ4n) is 3.54. The smallest absolute Gasteiger partial charge is 0.170 e. The van der Waals surface area contributed by atoms with Crippen molar-refractivity contribution in [3.63, 3.8) is 0 Å². The van der Waals surface area contributed by atoms with Crippen LogP contribution in [0.2, 0.25) is 0 Å². The number of hydrogen-bond donors (Lipinski definition) is 0. The highest BCUT2D eigenvalue weighted by Crippen LogP contribution is 2.31. The van der Waals surface area contributed by atoms with Crippen LogP contribution in [0.15, 0.2) is 34.7 Å². The van der Waals surface area contributed by atoms with E-state index in [4.69, 9.17) is 13.9 Å². The number of para-hydroxylation sites is 1. The van der Waals surface area contributed by atoms with Gasteiger partial charge in [0.1, 0.15) is 11.3 Å². The van der Waals surface area contributed by atoms with Crippen molar-refractivity contribution in [2.24, 2.45) is 0 Å². The molecule has 3 heterocycles. The van der Waals surface area contributed by atoms with Gasteiger partial charge >= 0.3 is 0 Å². The first kappa shape index (κ1) is 14.2. The Hall–Kier alpha value is -1.36. The Morgan fingerprint density at radius 2 is 1.82 bits per heavy atom. The lowest BCUT2D eigenvalue weighted by Crippen LogP contribution is -2.45. The van der Waals surface area contributed by atoms with Crippen LogP contribution in [0.25, 0.3) is 11.0 Å². The van der Waals surface area contributed by atoms with Crippen molar-refractivity contribution in [3.8, 4) is 0 Å². The number of benzene rings is 1. The van der Waals surface area contributed by atoms with Crippen molar-refractivity contribution in [1.29, 1.82) is 0 Å². The summed E-state index contributed by atoms with van der Waals surface area (Å²) in [5.74, 6) is 0.840. The predicted octanol–water partition coefficient (Wildman–Crippen LogP) is 3.20. The summed E-state index contributed by atoms with van der Waals surface area (Å²) in [6.07, 6.45) is 4.13. The molecule has 0 N–H and O–H groups in total. The molecule has 0 bridgehead atoms. The Morgan fingerprint density at radius 3 is 2.59 bits per heavy atom. The number of rotatable bonds is 4. The van der Waals surface area contributed by atoms with Gasteiger partial charge in [0.05, 0.1) is 13.2 Å². The van der Waals surface area contributed by atoms with Crippen LogP contribution in [-0.4, -0.2) is 43.5 Å². The van der Waals surface area contributed by atoms with Crippen molar-refractivity contribution >= 4 is 11.0 Å². The number of ether oxygens (including phenoxy) is 2. The Labute approximate surface area is 131 Å². The molecule has 2 saturated heterocycles. The lowest BCUT2D eigenvalue weighted by molar-refractivity contribution is -0.185. The van der Waals surface area contributed by atoms with Crippen LogP contribution >= 0.6 is 0 Å². The average Bonchev–Trinajstić information content (AvgIpc) is 3.16. The molecule has 2 aliphatic rings. The number of aryl methyl sites for hydroxylation is 1. The molecule has 4 heteroatoms. The molecule has 0 amide bonds. The molecule has 1 aromatic heterocycles. The normalized spacial score (nSPS) is 21.8. The first-order valence-electron chi connectivity index (χ1n) is 8.31. The van der Waals surface area contributed by atoms with Gasteiger partial charge in [-0.15, -0.1) is 0 Å². The molecule has 2 aliphatic heterocycles. The summed E-state index contributed by atoms with van der Waals surface area (Å²) in [5, 5.41) is 1.20. The van der Waals surface area contributed by atoms with Crippen molar-refractivity contribution in [2.45, 2.75) is 31.5 Å². The van der Waals surface area contributed by atoms with E-state index in [0.29, 0.717) is 0 Å². The molecule has 118 valence electrons. The van der Waals surface area contributed by atoms with Crippen LogP contribution in [0.5, 0.6) is 0 Å². The van der Waals surface area contributed by atoms with Gasteiger partial charge < -0.3 is 18.8 Å². The quantitative estimate of drug-likeness (QED) is 0.868. The molecule has 4 rings (SSSR count). The van der Waals surface area contributed by atoms with Gasteiger partial charge in [-0.1, -0.05) is 18.2 Å². The summed E-state index contributed by atoms with van der Waals surface area (Å²) < 4.78 is 17.4. The molecular formula is C18H23NO3. The molecule has 0 unspecified atom stereocenters. The van der Waals surface area contributed by atoms with E-state index in [1.165, 1.54) is 5.39 Å². The SMILES string of the molecule is c1ccc2oc(CCCN3CCC4(CC3)OCCO4)cc2c1. The Balaban J connectivity index is 1.25. The van der Waals surface area contributed by atoms with Crippen molar-refractivity contribution in [3.05, 3.63) is 36.1 Å². The van der Waals surface area contributed by atoms with Gasteiger partial charge in [0.15, 0.2) is 5.79 Å². The fraction of sp³-hybridized carbons (Fsp3) is 0.556. The van der Waals surface area contributed by atoms with Gasteiger partial charge in [-0.2, -0.15) is 0 Å². The molecule has 0 aliphatic carbocycles. The molecule has 1 spiro atoms. The van der Waals surface area contributed by atoms with Gasteiger partial charge in [-0.25, -0.2) is 0 Å². The van der Waals surface area contributed by atoms with E-state index in [1.807, 2.05) is 12.1 Å². The zero-order valence-corrected chi connectivity index (χ0v) is 12.9.